The zero-order valence-electron chi connectivity index (χ0n) is 15.5. The molecule has 0 amide bonds. The Kier molecular flexibility index (Phi) is 9.07. The predicted octanol–water partition coefficient (Wildman–Crippen LogP) is 6.41. The van der Waals surface area contributed by atoms with E-state index in [4.69, 9.17) is 5.41 Å². The van der Waals surface area contributed by atoms with Gasteiger partial charge in [-0.05, 0) is 79.9 Å². The lowest BCUT2D eigenvalue weighted by atomic mass is 9.97. The molecule has 0 aliphatic carbocycles. The zero-order chi connectivity index (χ0) is 18.8. The Bertz CT molecular complexity index is 693. The lowest BCUT2D eigenvalue weighted by molar-refractivity contribution is 0.475. The minimum Gasteiger partial charge on any atom is -0.508 e. The van der Waals surface area contributed by atoms with Gasteiger partial charge in [0.25, 0.3) is 0 Å². The zero-order valence-corrected chi connectivity index (χ0v) is 16.4. The number of nitrogens with one attached hydrogen (secondary N) is 1. The number of thiol groups is 1. The van der Waals surface area contributed by atoms with Crippen LogP contribution in [0.1, 0.15) is 45.6 Å². The van der Waals surface area contributed by atoms with Crippen molar-refractivity contribution < 1.29 is 5.11 Å². The SMILES string of the molecule is C=C(CCCc1ccc(O)cc1)CC(=N)/C(C)=C/C(C)=C(C)/C=C\S. The summed E-state index contributed by atoms with van der Waals surface area (Å²) in [5.41, 5.74) is 6.19. The van der Waals surface area contributed by atoms with Crippen molar-refractivity contribution in [1.29, 1.82) is 5.41 Å². The highest BCUT2D eigenvalue weighted by atomic mass is 32.1. The Hall–Kier alpha value is -2.00. The normalized spacial score (nSPS) is 13.0. The molecule has 0 saturated carbocycles. The lowest BCUT2D eigenvalue weighted by Crippen LogP contribution is -2.01. The minimum atomic E-state index is 0.299. The van der Waals surface area contributed by atoms with Gasteiger partial charge < -0.3 is 10.5 Å². The van der Waals surface area contributed by atoms with Gasteiger partial charge in [-0.3, -0.25) is 0 Å². The van der Waals surface area contributed by atoms with Crippen LogP contribution in [0.25, 0.3) is 0 Å². The van der Waals surface area contributed by atoms with E-state index in [-0.39, 0.29) is 0 Å². The Morgan fingerprint density at radius 3 is 2.40 bits per heavy atom. The Morgan fingerprint density at radius 1 is 1.16 bits per heavy atom. The molecule has 0 radical (unpaired) electrons. The standard InChI is InChI=1S/C22H29NOS/c1-16(6-5-7-20-8-10-21(24)11-9-20)14-22(23)19(4)15-18(3)17(2)12-13-25/h8-13,15,23-25H,1,5-7,14H2,2-4H3/b13-12-,18-17+,19-15+,23-22?. The van der Waals surface area contributed by atoms with Gasteiger partial charge in [0, 0.05) is 12.1 Å². The summed E-state index contributed by atoms with van der Waals surface area (Å²) in [6.45, 7) is 10.2. The van der Waals surface area contributed by atoms with Gasteiger partial charge >= 0.3 is 0 Å². The van der Waals surface area contributed by atoms with Gasteiger partial charge in [0.2, 0.25) is 0 Å². The van der Waals surface area contributed by atoms with Gasteiger partial charge in [0.05, 0.1) is 0 Å². The second-order valence-corrected chi connectivity index (χ2v) is 6.73. The van der Waals surface area contributed by atoms with Crippen LogP contribution in [0.4, 0.5) is 0 Å². The van der Waals surface area contributed by atoms with Crippen LogP contribution < -0.4 is 0 Å². The van der Waals surface area contributed by atoms with Crippen LogP contribution in [-0.4, -0.2) is 10.8 Å². The first kappa shape index (κ1) is 21.0. The summed E-state index contributed by atoms with van der Waals surface area (Å²) in [5, 5.41) is 19.3. The van der Waals surface area contributed by atoms with Gasteiger partial charge in [0.15, 0.2) is 0 Å². The first-order chi connectivity index (χ1) is 11.8. The molecule has 3 heteroatoms. The molecule has 0 aliphatic heterocycles. The highest BCUT2D eigenvalue weighted by Gasteiger charge is 2.04. The number of benzene rings is 1. The molecule has 0 saturated heterocycles. The predicted molar refractivity (Wildman–Crippen MR) is 113 cm³/mol. The fourth-order valence-corrected chi connectivity index (χ4v) is 2.68. The van der Waals surface area contributed by atoms with Crippen molar-refractivity contribution in [2.24, 2.45) is 0 Å². The van der Waals surface area contributed by atoms with Crippen molar-refractivity contribution in [2.45, 2.75) is 46.5 Å². The molecule has 1 rings (SSSR count). The summed E-state index contributed by atoms with van der Waals surface area (Å²) in [4.78, 5) is 0. The molecular weight excluding hydrogens is 326 g/mol. The molecule has 0 unspecified atom stereocenters. The largest absolute Gasteiger partial charge is 0.508 e. The number of aromatic hydroxyl groups is 1. The molecule has 1 aromatic rings. The van der Waals surface area contributed by atoms with Crippen LogP contribution in [0.2, 0.25) is 0 Å². The Labute approximate surface area is 157 Å². The molecule has 1 aromatic carbocycles. The molecule has 0 spiro atoms. The molecular formula is C22H29NOS. The number of hydrogen-bond donors (Lipinski definition) is 3. The molecule has 0 heterocycles. The fourth-order valence-electron chi connectivity index (χ4n) is 2.45. The highest BCUT2D eigenvalue weighted by Crippen LogP contribution is 2.17. The van der Waals surface area contributed by atoms with E-state index in [0.717, 1.165) is 41.6 Å². The maximum Gasteiger partial charge on any atom is 0.115 e. The molecule has 0 fully saturated rings. The maximum absolute atomic E-state index is 9.29. The van der Waals surface area contributed by atoms with Crippen LogP contribution in [0.5, 0.6) is 5.75 Å². The van der Waals surface area contributed by atoms with E-state index in [1.54, 1.807) is 17.5 Å². The molecule has 0 atom stereocenters. The molecule has 134 valence electrons. The molecule has 0 aliphatic rings. The summed E-state index contributed by atoms with van der Waals surface area (Å²) < 4.78 is 0. The number of phenols is 1. The summed E-state index contributed by atoms with van der Waals surface area (Å²) in [5.74, 6) is 0.299. The first-order valence-corrected chi connectivity index (χ1v) is 9.04. The lowest BCUT2D eigenvalue weighted by Gasteiger charge is -2.09. The molecule has 25 heavy (non-hydrogen) atoms. The van der Waals surface area contributed by atoms with E-state index in [1.807, 2.05) is 39.0 Å². The Balaban J connectivity index is 2.49. The number of hydrogen-bond acceptors (Lipinski definition) is 3. The van der Waals surface area contributed by atoms with E-state index in [2.05, 4.69) is 25.3 Å². The van der Waals surface area contributed by atoms with E-state index in [1.165, 1.54) is 5.56 Å². The third kappa shape index (κ3) is 8.08. The number of rotatable bonds is 9. The molecule has 2 N–H and O–H groups in total. The van der Waals surface area contributed by atoms with Crippen LogP contribution in [0.15, 0.2) is 70.7 Å². The fraction of sp³-hybridized carbons (Fsp3) is 0.318. The molecule has 0 aromatic heterocycles. The second-order valence-electron chi connectivity index (χ2n) is 6.43. The van der Waals surface area contributed by atoms with Crippen LogP contribution in [0.3, 0.4) is 0 Å². The topological polar surface area (TPSA) is 44.1 Å². The second kappa shape index (κ2) is 10.8. The quantitative estimate of drug-likeness (QED) is 0.204. The van der Waals surface area contributed by atoms with Gasteiger partial charge in [-0.2, -0.15) is 12.6 Å². The molecule has 0 bridgehead atoms. The summed E-state index contributed by atoms with van der Waals surface area (Å²) in [6.07, 6.45) is 7.49. The van der Waals surface area contributed by atoms with E-state index < -0.39 is 0 Å². The third-order valence-electron chi connectivity index (χ3n) is 4.21. The van der Waals surface area contributed by atoms with Crippen molar-refractivity contribution in [1.82, 2.24) is 0 Å². The van der Waals surface area contributed by atoms with Crippen LogP contribution in [-0.2, 0) is 6.42 Å². The summed E-state index contributed by atoms with van der Waals surface area (Å²) >= 11 is 4.09. The number of aryl methyl sites for hydroxylation is 1. The van der Waals surface area contributed by atoms with Crippen LogP contribution >= 0.6 is 12.6 Å². The number of allylic oxidation sites excluding steroid dienone is 6. The smallest absolute Gasteiger partial charge is 0.115 e. The average Bonchev–Trinajstić information content (AvgIpc) is 2.56. The van der Waals surface area contributed by atoms with Gasteiger partial charge in [-0.1, -0.05) is 36.4 Å². The number of phenolic OH excluding ortho intramolecular Hbond substituents is 1. The van der Waals surface area contributed by atoms with Gasteiger partial charge in [-0.15, -0.1) is 0 Å². The Morgan fingerprint density at radius 2 is 1.80 bits per heavy atom. The van der Waals surface area contributed by atoms with Crippen molar-refractivity contribution in [3.63, 3.8) is 0 Å². The van der Waals surface area contributed by atoms with Crippen molar-refractivity contribution >= 4 is 18.3 Å². The van der Waals surface area contributed by atoms with Crippen molar-refractivity contribution in [3.8, 4) is 5.75 Å². The average molecular weight is 356 g/mol. The van der Waals surface area contributed by atoms with E-state index >= 15 is 0 Å². The highest BCUT2D eigenvalue weighted by molar-refractivity contribution is 7.83. The summed E-state index contributed by atoms with van der Waals surface area (Å²) in [7, 11) is 0. The maximum atomic E-state index is 9.29. The van der Waals surface area contributed by atoms with Crippen molar-refractivity contribution in [2.75, 3.05) is 0 Å². The van der Waals surface area contributed by atoms with Gasteiger partial charge in [0.1, 0.15) is 5.75 Å². The van der Waals surface area contributed by atoms with Crippen molar-refractivity contribution in [3.05, 3.63) is 76.3 Å². The van der Waals surface area contributed by atoms with Crippen LogP contribution in [0, 0.1) is 5.41 Å². The summed E-state index contributed by atoms with van der Waals surface area (Å²) in [6, 6.07) is 7.33. The minimum absolute atomic E-state index is 0.299. The van der Waals surface area contributed by atoms with E-state index in [0.29, 0.717) is 17.9 Å². The first-order valence-electron chi connectivity index (χ1n) is 8.52. The van der Waals surface area contributed by atoms with E-state index in [9.17, 15) is 5.11 Å². The van der Waals surface area contributed by atoms with Gasteiger partial charge in [-0.25, -0.2) is 0 Å². The molecule has 2 nitrogen and oxygen atoms in total. The third-order valence-corrected chi connectivity index (χ3v) is 4.36. The monoisotopic (exact) mass is 355 g/mol.